The summed E-state index contributed by atoms with van der Waals surface area (Å²) in [7, 11) is 2.97. The van der Waals surface area contributed by atoms with Crippen LogP contribution in [0.4, 0.5) is 0 Å². The molecule has 5 heteroatoms. The van der Waals surface area contributed by atoms with E-state index in [0.717, 1.165) is 9.75 Å². The lowest BCUT2D eigenvalue weighted by Gasteiger charge is -2.15. The summed E-state index contributed by atoms with van der Waals surface area (Å²) in [5.41, 5.74) is 0. The number of para-hydroxylation sites is 2. The van der Waals surface area contributed by atoms with E-state index in [4.69, 9.17) is 14.2 Å². The maximum absolute atomic E-state index is 12.0. The van der Waals surface area contributed by atoms with Gasteiger partial charge in [-0.1, -0.05) is 12.1 Å². The molecule has 112 valence electrons. The van der Waals surface area contributed by atoms with E-state index in [9.17, 15) is 4.79 Å². The van der Waals surface area contributed by atoms with Crippen LogP contribution in [-0.4, -0.2) is 26.8 Å². The van der Waals surface area contributed by atoms with E-state index in [1.165, 1.54) is 7.11 Å². The average molecular weight is 306 g/mol. The van der Waals surface area contributed by atoms with E-state index in [1.807, 2.05) is 43.3 Å². The molecule has 21 heavy (non-hydrogen) atoms. The maximum Gasteiger partial charge on any atom is 0.317 e. The van der Waals surface area contributed by atoms with E-state index in [2.05, 4.69) is 0 Å². The summed E-state index contributed by atoms with van der Waals surface area (Å²) < 4.78 is 15.9. The fraction of sp³-hybridized carbons (Fsp3) is 0.312. The number of esters is 1. The first kappa shape index (κ1) is 15.4. The first-order chi connectivity index (χ1) is 10.2. The number of thiophene rings is 1. The molecule has 2 rings (SSSR count). The highest BCUT2D eigenvalue weighted by Gasteiger charge is 2.24. The second kappa shape index (κ2) is 7.13. The molecule has 0 radical (unpaired) electrons. The minimum atomic E-state index is -0.432. The van der Waals surface area contributed by atoms with Gasteiger partial charge in [-0.3, -0.25) is 4.79 Å². The van der Waals surface area contributed by atoms with Gasteiger partial charge < -0.3 is 14.2 Å². The summed E-state index contributed by atoms with van der Waals surface area (Å²) in [6, 6.07) is 11.3. The number of rotatable bonds is 6. The minimum Gasteiger partial charge on any atom is -0.493 e. The number of methoxy groups -OCH3 is 2. The number of benzene rings is 1. The first-order valence-electron chi connectivity index (χ1n) is 6.55. The molecule has 0 aliphatic carbocycles. The average Bonchev–Trinajstić information content (AvgIpc) is 2.93. The second-order valence-electron chi connectivity index (χ2n) is 4.49. The van der Waals surface area contributed by atoms with Crippen LogP contribution < -0.4 is 9.47 Å². The van der Waals surface area contributed by atoms with Crippen LogP contribution in [0.25, 0.3) is 0 Å². The smallest absolute Gasteiger partial charge is 0.317 e. The summed E-state index contributed by atoms with van der Waals surface area (Å²) in [5.74, 6) is 0.524. The predicted octanol–water partition coefficient (Wildman–Crippen LogP) is 3.40. The van der Waals surface area contributed by atoms with E-state index in [1.54, 1.807) is 18.4 Å². The molecule has 1 unspecified atom stereocenters. The largest absolute Gasteiger partial charge is 0.493 e. The fourth-order valence-corrected chi connectivity index (χ4v) is 2.91. The lowest BCUT2D eigenvalue weighted by molar-refractivity contribution is -0.143. The number of carbonyl (C=O) groups excluding carboxylic acids is 1. The van der Waals surface area contributed by atoms with Crippen molar-refractivity contribution in [3.8, 4) is 11.5 Å². The molecular formula is C16H18O4S. The van der Waals surface area contributed by atoms with E-state index < -0.39 is 5.92 Å². The van der Waals surface area contributed by atoms with Crippen molar-refractivity contribution in [2.75, 3.05) is 20.8 Å². The van der Waals surface area contributed by atoms with Crippen LogP contribution in [0.15, 0.2) is 36.4 Å². The monoisotopic (exact) mass is 306 g/mol. The Labute approximate surface area is 128 Å². The van der Waals surface area contributed by atoms with Gasteiger partial charge in [0.25, 0.3) is 0 Å². The Morgan fingerprint density at radius 1 is 1.14 bits per heavy atom. The lowest BCUT2D eigenvalue weighted by Crippen LogP contribution is -2.20. The normalized spacial score (nSPS) is 11.8. The summed E-state index contributed by atoms with van der Waals surface area (Å²) >= 11 is 1.57. The standard InChI is InChI=1S/C16H18O4S/c1-11-8-9-15(21-11)12(16(17)19-3)10-20-14-7-5-4-6-13(14)18-2/h4-9,12H,10H2,1-3H3. The van der Waals surface area contributed by atoms with Crippen LogP contribution >= 0.6 is 11.3 Å². The zero-order chi connectivity index (χ0) is 15.2. The van der Waals surface area contributed by atoms with Gasteiger partial charge in [-0.05, 0) is 31.2 Å². The quantitative estimate of drug-likeness (QED) is 0.767. The molecule has 0 spiro atoms. The zero-order valence-corrected chi connectivity index (χ0v) is 13.1. The summed E-state index contributed by atoms with van der Waals surface area (Å²) in [6.45, 7) is 2.22. The topological polar surface area (TPSA) is 44.8 Å². The van der Waals surface area contributed by atoms with Crippen molar-refractivity contribution in [3.05, 3.63) is 46.2 Å². The molecule has 4 nitrogen and oxygen atoms in total. The zero-order valence-electron chi connectivity index (χ0n) is 12.3. The minimum absolute atomic E-state index is 0.215. The molecule has 2 aromatic rings. The van der Waals surface area contributed by atoms with Crippen LogP contribution in [0.1, 0.15) is 15.7 Å². The van der Waals surface area contributed by atoms with Gasteiger partial charge in [-0.15, -0.1) is 11.3 Å². The van der Waals surface area contributed by atoms with Crippen molar-refractivity contribution < 1.29 is 19.0 Å². The van der Waals surface area contributed by atoms with Crippen LogP contribution in [0, 0.1) is 6.92 Å². The first-order valence-corrected chi connectivity index (χ1v) is 7.37. The Kier molecular flexibility index (Phi) is 5.22. The third-order valence-corrected chi connectivity index (χ3v) is 4.18. The highest BCUT2D eigenvalue weighted by molar-refractivity contribution is 7.12. The Morgan fingerprint density at radius 2 is 1.86 bits per heavy atom. The van der Waals surface area contributed by atoms with Gasteiger partial charge in [0.1, 0.15) is 12.5 Å². The van der Waals surface area contributed by atoms with Gasteiger partial charge in [0.15, 0.2) is 11.5 Å². The highest BCUT2D eigenvalue weighted by Crippen LogP contribution is 2.30. The van der Waals surface area contributed by atoms with E-state index in [-0.39, 0.29) is 12.6 Å². The molecule has 1 heterocycles. The van der Waals surface area contributed by atoms with Crippen molar-refractivity contribution in [1.82, 2.24) is 0 Å². The Balaban J connectivity index is 2.14. The summed E-state index contributed by atoms with van der Waals surface area (Å²) in [5, 5.41) is 0. The molecule has 1 atom stereocenters. The maximum atomic E-state index is 12.0. The van der Waals surface area contributed by atoms with Crippen LogP contribution in [0.5, 0.6) is 11.5 Å². The number of carbonyl (C=O) groups is 1. The molecule has 0 fully saturated rings. The van der Waals surface area contributed by atoms with Crippen LogP contribution in [0.2, 0.25) is 0 Å². The summed E-state index contributed by atoms with van der Waals surface area (Å²) in [6.07, 6.45) is 0. The molecule has 0 N–H and O–H groups in total. The second-order valence-corrected chi connectivity index (χ2v) is 5.81. The number of hydrogen-bond acceptors (Lipinski definition) is 5. The fourth-order valence-electron chi connectivity index (χ4n) is 1.96. The van der Waals surface area contributed by atoms with Gasteiger partial charge in [0, 0.05) is 9.75 Å². The molecule has 1 aromatic heterocycles. The van der Waals surface area contributed by atoms with E-state index >= 15 is 0 Å². The van der Waals surface area contributed by atoms with Gasteiger partial charge in [0.05, 0.1) is 14.2 Å². The number of hydrogen-bond donors (Lipinski definition) is 0. The van der Waals surface area contributed by atoms with Crippen molar-refractivity contribution in [2.24, 2.45) is 0 Å². The molecular weight excluding hydrogens is 288 g/mol. The number of ether oxygens (including phenoxy) is 3. The van der Waals surface area contributed by atoms with Gasteiger partial charge in [-0.25, -0.2) is 0 Å². The molecule has 0 bridgehead atoms. The predicted molar refractivity (Wildman–Crippen MR) is 82.3 cm³/mol. The van der Waals surface area contributed by atoms with Crippen molar-refractivity contribution in [2.45, 2.75) is 12.8 Å². The molecule has 1 aromatic carbocycles. The van der Waals surface area contributed by atoms with Crippen LogP contribution in [0.3, 0.4) is 0 Å². The van der Waals surface area contributed by atoms with Crippen molar-refractivity contribution in [1.29, 1.82) is 0 Å². The van der Waals surface area contributed by atoms with E-state index in [0.29, 0.717) is 11.5 Å². The van der Waals surface area contributed by atoms with Gasteiger partial charge in [-0.2, -0.15) is 0 Å². The SMILES string of the molecule is COC(=O)C(COc1ccccc1OC)c1ccc(C)s1. The highest BCUT2D eigenvalue weighted by atomic mass is 32.1. The molecule has 0 amide bonds. The van der Waals surface area contributed by atoms with Gasteiger partial charge >= 0.3 is 5.97 Å². The molecule has 0 saturated heterocycles. The molecule has 0 saturated carbocycles. The Morgan fingerprint density at radius 3 is 2.43 bits per heavy atom. The van der Waals surface area contributed by atoms with Crippen LogP contribution in [-0.2, 0) is 9.53 Å². The third-order valence-electron chi connectivity index (χ3n) is 3.06. The number of aryl methyl sites for hydroxylation is 1. The summed E-state index contributed by atoms with van der Waals surface area (Å²) in [4.78, 5) is 14.1. The Hall–Kier alpha value is -2.01. The molecule has 0 aliphatic rings. The van der Waals surface area contributed by atoms with Crippen molar-refractivity contribution in [3.63, 3.8) is 0 Å². The molecule has 0 aliphatic heterocycles. The van der Waals surface area contributed by atoms with Gasteiger partial charge in [0.2, 0.25) is 0 Å². The Bertz CT molecular complexity index is 606. The third kappa shape index (κ3) is 3.76. The lowest BCUT2D eigenvalue weighted by atomic mass is 10.1. The van der Waals surface area contributed by atoms with Crippen molar-refractivity contribution >= 4 is 17.3 Å².